The molecule has 14 nitrogen and oxygen atoms in total. The highest BCUT2D eigenvalue weighted by atomic mass is 16.5. The summed E-state index contributed by atoms with van der Waals surface area (Å²) in [5, 5.41) is 14.0. The van der Waals surface area contributed by atoms with Crippen molar-refractivity contribution in [2.45, 2.75) is 75.8 Å². The van der Waals surface area contributed by atoms with E-state index in [4.69, 9.17) is 5.11 Å². The number of piperidine rings is 2. The van der Waals surface area contributed by atoms with Crippen molar-refractivity contribution in [1.29, 1.82) is 0 Å². The monoisotopic (exact) mass is 692 g/mol. The lowest BCUT2D eigenvalue weighted by molar-refractivity contribution is -0.135. The zero-order valence-corrected chi connectivity index (χ0v) is 28.5. The lowest BCUT2D eigenvalue weighted by atomic mass is 10.0. The number of imidazole rings is 2. The van der Waals surface area contributed by atoms with Crippen LogP contribution in [-0.2, 0) is 14.3 Å². The van der Waals surface area contributed by atoms with E-state index in [1.54, 1.807) is 26.2 Å². The number of nitrogens with zero attached hydrogens (tertiary/aromatic N) is 4. The van der Waals surface area contributed by atoms with Gasteiger partial charge in [0, 0.05) is 12.1 Å². The van der Waals surface area contributed by atoms with Crippen molar-refractivity contribution in [2.24, 2.45) is 11.8 Å². The molecule has 2 aliphatic carbocycles. The summed E-state index contributed by atoms with van der Waals surface area (Å²) in [5.74, 6) is 1.98. The fourth-order valence-electron chi connectivity index (χ4n) is 8.02. The van der Waals surface area contributed by atoms with Crippen molar-refractivity contribution in [2.75, 3.05) is 7.11 Å². The van der Waals surface area contributed by atoms with Crippen molar-refractivity contribution in [3.05, 3.63) is 72.6 Å². The van der Waals surface area contributed by atoms with Gasteiger partial charge in [-0.15, -0.1) is 0 Å². The van der Waals surface area contributed by atoms with Gasteiger partial charge >= 0.3 is 12.2 Å². The number of nitrogens with one attached hydrogen (secondary N) is 4. The molecule has 2 saturated carbocycles. The van der Waals surface area contributed by atoms with Crippen LogP contribution in [0, 0.1) is 11.8 Å². The summed E-state index contributed by atoms with van der Waals surface area (Å²) in [7, 11) is 1.28. The molecule has 4 aromatic rings. The minimum absolute atomic E-state index is 0.137. The van der Waals surface area contributed by atoms with E-state index in [2.05, 4.69) is 59.6 Å². The number of rotatable bonds is 9. The number of H-pyrrole nitrogens is 2. The standard InChI is InChI=1S/C37H40N8O6/c1-18(40-36(48)49)34(46)44-28-12-24(28)14-30(44)32-38-16-26(42-32)22-8-4-20(5-9-22)21-6-10-23(11-7-21)27-17-39-33(43-27)31-15-25-13-29(25)45(31)35(47)19(2)41-37(50)51-3/h4-11,16-19,24-25,28-31,40H,12-15H2,1-3H3,(H,38,42)(H,39,43)(H,41,50)(H,48,49)/t18-,19-,24-,25-,28-,29?,30-,31-/m0/s1. The van der Waals surface area contributed by atoms with Gasteiger partial charge in [0.05, 0.1) is 43.0 Å². The predicted octanol–water partition coefficient (Wildman–Crippen LogP) is 4.86. The third-order valence-electron chi connectivity index (χ3n) is 10.9. The summed E-state index contributed by atoms with van der Waals surface area (Å²) in [4.78, 5) is 69.1. The van der Waals surface area contributed by atoms with Crippen LogP contribution in [-0.4, -0.2) is 90.1 Å². The Labute approximate surface area is 294 Å². The maximum absolute atomic E-state index is 13.3. The number of methoxy groups -OCH3 is 1. The number of carboxylic acid groups (broad SMARTS) is 1. The first kappa shape index (κ1) is 32.5. The molecule has 5 N–H and O–H groups in total. The van der Waals surface area contributed by atoms with Gasteiger partial charge in [0.1, 0.15) is 23.7 Å². The van der Waals surface area contributed by atoms with Crippen molar-refractivity contribution in [3.8, 4) is 33.6 Å². The highest BCUT2D eigenvalue weighted by Gasteiger charge is 2.56. The second-order valence-electron chi connectivity index (χ2n) is 14.2. The van der Waals surface area contributed by atoms with Crippen LogP contribution in [0.25, 0.3) is 33.6 Å². The number of benzene rings is 2. The zero-order chi connectivity index (χ0) is 35.6. The topological polar surface area (TPSA) is 186 Å². The van der Waals surface area contributed by atoms with Crippen molar-refractivity contribution >= 4 is 24.0 Å². The number of aromatic amines is 2. The molecule has 264 valence electrons. The number of carbonyl (C=O) groups excluding carboxylic acids is 3. The molecule has 2 aliphatic heterocycles. The van der Waals surface area contributed by atoms with Crippen molar-refractivity contribution in [3.63, 3.8) is 0 Å². The molecule has 0 radical (unpaired) electrons. The Bertz CT molecular complexity index is 1990. The molecule has 0 bridgehead atoms. The summed E-state index contributed by atoms with van der Waals surface area (Å²) in [6.07, 6.45) is 5.32. The number of hydrogen-bond donors (Lipinski definition) is 5. The Morgan fingerprint density at radius 3 is 1.53 bits per heavy atom. The number of hydrogen-bond acceptors (Lipinski definition) is 7. The van der Waals surface area contributed by atoms with Crippen LogP contribution in [0.1, 0.15) is 63.3 Å². The van der Waals surface area contributed by atoms with Gasteiger partial charge in [-0.05, 0) is 73.6 Å². The predicted molar refractivity (Wildman–Crippen MR) is 185 cm³/mol. The maximum Gasteiger partial charge on any atom is 0.407 e. The molecule has 4 amide bonds. The molecule has 51 heavy (non-hydrogen) atoms. The molecule has 1 unspecified atom stereocenters. The van der Waals surface area contributed by atoms with Crippen LogP contribution in [0.2, 0.25) is 0 Å². The van der Waals surface area contributed by atoms with E-state index in [1.165, 1.54) is 7.11 Å². The van der Waals surface area contributed by atoms with E-state index < -0.39 is 24.3 Å². The van der Waals surface area contributed by atoms with Crippen molar-refractivity contribution < 1.29 is 29.0 Å². The number of alkyl carbamates (subject to hydrolysis) is 1. The quantitative estimate of drug-likeness (QED) is 0.165. The molecule has 4 aliphatic rings. The highest BCUT2D eigenvalue weighted by molar-refractivity contribution is 5.87. The lowest BCUT2D eigenvalue weighted by Gasteiger charge is -2.29. The lowest BCUT2D eigenvalue weighted by Crippen LogP contribution is -2.47. The summed E-state index contributed by atoms with van der Waals surface area (Å²) in [6.45, 7) is 3.25. The third kappa shape index (κ3) is 6.08. The van der Waals surface area contributed by atoms with Gasteiger partial charge in [-0.2, -0.15) is 0 Å². The number of likely N-dealkylation sites (tertiary alicyclic amines) is 2. The fourth-order valence-corrected chi connectivity index (χ4v) is 8.02. The van der Waals surface area contributed by atoms with Crippen LogP contribution in [0.3, 0.4) is 0 Å². The Balaban J connectivity index is 0.926. The van der Waals surface area contributed by atoms with Crippen LogP contribution >= 0.6 is 0 Å². The minimum Gasteiger partial charge on any atom is -0.465 e. The first-order chi connectivity index (χ1) is 24.6. The zero-order valence-electron chi connectivity index (χ0n) is 28.5. The summed E-state index contributed by atoms with van der Waals surface area (Å²) in [5.41, 5.74) is 5.76. The van der Waals surface area contributed by atoms with Crippen LogP contribution < -0.4 is 10.6 Å². The molecule has 8 atom stereocenters. The minimum atomic E-state index is -1.22. The number of ether oxygens (including phenoxy) is 1. The van der Waals surface area contributed by atoms with E-state index in [1.807, 2.05) is 34.1 Å². The van der Waals surface area contributed by atoms with Gasteiger partial charge in [0.15, 0.2) is 0 Å². The van der Waals surface area contributed by atoms with E-state index in [0.717, 1.165) is 65.1 Å². The normalized spacial score (nSPS) is 25.4. The number of carbonyl (C=O) groups is 4. The molecular weight excluding hydrogens is 652 g/mol. The highest BCUT2D eigenvalue weighted by Crippen LogP contribution is 2.54. The van der Waals surface area contributed by atoms with Gasteiger partial charge in [0.2, 0.25) is 11.8 Å². The SMILES string of the molecule is COC(=O)N[C@@H](C)C(=O)N1C2C[C@H]2C[C@H]1c1ncc(-c2ccc(-c3ccc(-c4cnc([C@@H]5C[C@@H]6C[C@@H]6N5C(=O)[C@H](C)NC(=O)O)[nH]4)cc3)cc2)[nH]1. The molecule has 4 heterocycles. The van der Waals surface area contributed by atoms with Crippen LogP contribution in [0.15, 0.2) is 60.9 Å². The van der Waals surface area contributed by atoms with E-state index in [9.17, 15) is 19.2 Å². The second-order valence-corrected chi connectivity index (χ2v) is 14.2. The fraction of sp³-hybridized carbons (Fsp3) is 0.405. The largest absolute Gasteiger partial charge is 0.465 e. The number of fused-ring (bicyclic) bond motifs is 2. The van der Waals surface area contributed by atoms with Crippen LogP contribution in [0.5, 0.6) is 0 Å². The van der Waals surface area contributed by atoms with Gasteiger partial charge in [-0.1, -0.05) is 48.5 Å². The molecule has 4 fully saturated rings. The average molecular weight is 693 g/mol. The maximum atomic E-state index is 13.3. The summed E-state index contributed by atoms with van der Waals surface area (Å²) in [6, 6.07) is 14.8. The van der Waals surface area contributed by atoms with E-state index in [0.29, 0.717) is 17.7 Å². The summed E-state index contributed by atoms with van der Waals surface area (Å²) < 4.78 is 4.67. The Morgan fingerprint density at radius 1 is 0.706 bits per heavy atom. The molecule has 2 aromatic carbocycles. The summed E-state index contributed by atoms with van der Waals surface area (Å²) >= 11 is 0. The van der Waals surface area contributed by atoms with Gasteiger partial charge in [0.25, 0.3) is 0 Å². The molecular formula is C37H40N8O6. The van der Waals surface area contributed by atoms with Gasteiger partial charge in [-0.3, -0.25) is 9.59 Å². The van der Waals surface area contributed by atoms with E-state index in [-0.39, 0.29) is 36.0 Å². The van der Waals surface area contributed by atoms with Gasteiger partial charge in [-0.25, -0.2) is 19.6 Å². The Morgan fingerprint density at radius 2 is 1.12 bits per heavy atom. The molecule has 2 aromatic heterocycles. The molecule has 14 heteroatoms. The molecule has 2 saturated heterocycles. The third-order valence-corrected chi connectivity index (χ3v) is 10.9. The number of aromatic nitrogens is 4. The number of amides is 4. The molecule has 8 rings (SSSR count). The second kappa shape index (κ2) is 12.6. The Hall–Kier alpha value is -5.66. The smallest absolute Gasteiger partial charge is 0.407 e. The Kier molecular flexibility index (Phi) is 8.03. The van der Waals surface area contributed by atoms with E-state index >= 15 is 0 Å². The average Bonchev–Trinajstić information content (AvgIpc) is 3.73. The van der Waals surface area contributed by atoms with Gasteiger partial charge < -0.3 is 40.2 Å². The first-order valence-electron chi connectivity index (χ1n) is 17.4. The first-order valence-corrected chi connectivity index (χ1v) is 17.4. The molecule has 0 spiro atoms. The van der Waals surface area contributed by atoms with Crippen molar-refractivity contribution in [1.82, 2.24) is 40.4 Å². The van der Waals surface area contributed by atoms with Crippen LogP contribution in [0.4, 0.5) is 9.59 Å².